The molecule has 2 aromatic heterocycles. The van der Waals surface area contributed by atoms with Crippen LogP contribution >= 0.6 is 0 Å². The van der Waals surface area contributed by atoms with Gasteiger partial charge in [0.2, 0.25) is 0 Å². The summed E-state index contributed by atoms with van der Waals surface area (Å²) in [5.74, 6) is 1.20. The molecule has 18 heavy (non-hydrogen) atoms. The first-order chi connectivity index (χ1) is 8.35. The fraction of sp³-hybridized carbons (Fsp3) is 0.571. The van der Waals surface area contributed by atoms with Crippen molar-refractivity contribution in [1.82, 2.24) is 14.6 Å². The molecule has 0 atom stereocenters. The molecule has 98 valence electrons. The molecule has 0 spiro atoms. The second-order valence-electron chi connectivity index (χ2n) is 5.78. The van der Waals surface area contributed by atoms with E-state index in [2.05, 4.69) is 44.7 Å². The van der Waals surface area contributed by atoms with Gasteiger partial charge in [-0.15, -0.1) is 0 Å². The van der Waals surface area contributed by atoms with Gasteiger partial charge in [0.1, 0.15) is 5.82 Å². The van der Waals surface area contributed by atoms with Crippen LogP contribution in [0, 0.1) is 0 Å². The molecule has 0 saturated heterocycles. The van der Waals surface area contributed by atoms with Crippen molar-refractivity contribution in [3.05, 3.63) is 33.9 Å². The van der Waals surface area contributed by atoms with E-state index in [1.165, 1.54) is 4.52 Å². The molecule has 0 aliphatic heterocycles. The average Bonchev–Trinajstić information content (AvgIpc) is 2.74. The van der Waals surface area contributed by atoms with Gasteiger partial charge in [-0.05, 0) is 24.0 Å². The van der Waals surface area contributed by atoms with Gasteiger partial charge in [-0.1, -0.05) is 34.6 Å². The largest absolute Gasteiger partial charge is 0.276 e. The number of pyridine rings is 1. The van der Waals surface area contributed by atoms with Crippen LogP contribution in [0.3, 0.4) is 0 Å². The summed E-state index contributed by atoms with van der Waals surface area (Å²) in [6, 6.07) is 3.66. The van der Waals surface area contributed by atoms with Gasteiger partial charge in [-0.25, -0.2) is 9.50 Å². The Labute approximate surface area is 107 Å². The Morgan fingerprint density at radius 1 is 1.39 bits per heavy atom. The lowest BCUT2D eigenvalue weighted by molar-refractivity contribution is 0.472. The van der Waals surface area contributed by atoms with E-state index in [0.29, 0.717) is 11.6 Å². The van der Waals surface area contributed by atoms with Gasteiger partial charge in [-0.2, -0.15) is 0 Å². The molecule has 0 aromatic carbocycles. The number of fused-ring (bicyclic) bond motifs is 1. The van der Waals surface area contributed by atoms with E-state index in [9.17, 15) is 4.79 Å². The van der Waals surface area contributed by atoms with Crippen LogP contribution in [0.15, 0.2) is 16.9 Å². The number of hydrogen-bond donors (Lipinski definition) is 1. The maximum absolute atomic E-state index is 12.0. The molecule has 4 heteroatoms. The molecule has 0 bridgehead atoms. The Balaban J connectivity index is 2.65. The highest BCUT2D eigenvalue weighted by atomic mass is 16.1. The normalized spacial score (nSPS) is 12.6. The zero-order valence-corrected chi connectivity index (χ0v) is 11.7. The number of aromatic amines is 1. The molecule has 2 heterocycles. The number of H-pyrrole nitrogens is 1. The van der Waals surface area contributed by atoms with E-state index >= 15 is 0 Å². The maximum atomic E-state index is 12.0. The smallest absolute Gasteiger partial charge is 0.271 e. The lowest BCUT2D eigenvalue weighted by atomic mass is 9.90. The van der Waals surface area contributed by atoms with Crippen molar-refractivity contribution in [2.45, 2.75) is 52.4 Å². The lowest BCUT2D eigenvalue weighted by Gasteiger charge is -2.18. The second kappa shape index (κ2) is 4.26. The van der Waals surface area contributed by atoms with Crippen molar-refractivity contribution in [3.8, 4) is 0 Å². The number of nitrogens with zero attached hydrogens (tertiary/aromatic N) is 2. The average molecular weight is 247 g/mol. The highest BCUT2D eigenvalue weighted by molar-refractivity contribution is 5.42. The number of aromatic nitrogens is 3. The predicted octanol–water partition coefficient (Wildman–Crippen LogP) is 2.83. The monoisotopic (exact) mass is 247 g/mol. The fourth-order valence-electron chi connectivity index (χ4n) is 1.82. The van der Waals surface area contributed by atoms with Crippen LogP contribution in [0.4, 0.5) is 0 Å². The molecule has 0 fully saturated rings. The lowest BCUT2D eigenvalue weighted by Crippen LogP contribution is -2.19. The number of hydrogen-bond acceptors (Lipinski definition) is 2. The Hall–Kier alpha value is -1.58. The van der Waals surface area contributed by atoms with Crippen molar-refractivity contribution in [3.63, 3.8) is 0 Å². The van der Waals surface area contributed by atoms with Gasteiger partial charge in [-0.3, -0.25) is 9.89 Å². The summed E-state index contributed by atoms with van der Waals surface area (Å²) in [6.07, 6.45) is 0.971. The summed E-state index contributed by atoms with van der Waals surface area (Å²) < 4.78 is 1.53. The van der Waals surface area contributed by atoms with Crippen molar-refractivity contribution < 1.29 is 0 Å². The van der Waals surface area contributed by atoms with Gasteiger partial charge in [0.25, 0.3) is 5.56 Å². The maximum Gasteiger partial charge on any atom is 0.271 e. The summed E-state index contributed by atoms with van der Waals surface area (Å²) in [7, 11) is 0. The quantitative estimate of drug-likeness (QED) is 0.906. The second-order valence-corrected chi connectivity index (χ2v) is 5.78. The highest BCUT2D eigenvalue weighted by Crippen LogP contribution is 2.24. The first kappa shape index (κ1) is 12.9. The van der Waals surface area contributed by atoms with Gasteiger partial charge < -0.3 is 0 Å². The van der Waals surface area contributed by atoms with Crippen molar-refractivity contribution >= 4 is 5.65 Å². The van der Waals surface area contributed by atoms with E-state index < -0.39 is 0 Å². The summed E-state index contributed by atoms with van der Waals surface area (Å²) in [6.45, 7) is 10.5. The Morgan fingerprint density at radius 2 is 2.06 bits per heavy atom. The van der Waals surface area contributed by atoms with Crippen LogP contribution in [0.2, 0.25) is 0 Å². The third-order valence-electron chi connectivity index (χ3n) is 3.67. The standard InChI is InChI=1S/C14H21N3O/c1-6-14(4,5)13-15-11-7-10(9(2)3)8-12(18)17(11)16-13/h7-9H,6H2,1-5H3,(H,15,16). The van der Waals surface area contributed by atoms with Crippen LogP contribution in [-0.2, 0) is 5.41 Å². The van der Waals surface area contributed by atoms with Gasteiger partial charge in [0.15, 0.2) is 5.65 Å². The summed E-state index contributed by atoms with van der Waals surface area (Å²) >= 11 is 0. The molecule has 0 saturated carbocycles. The van der Waals surface area contributed by atoms with Crippen molar-refractivity contribution in [1.29, 1.82) is 0 Å². The minimum Gasteiger partial charge on any atom is -0.276 e. The minimum absolute atomic E-state index is 0.0400. The number of nitrogens with one attached hydrogen (secondary N) is 1. The summed E-state index contributed by atoms with van der Waals surface area (Å²) in [5, 5.41) is 3.11. The van der Waals surface area contributed by atoms with E-state index in [-0.39, 0.29) is 11.0 Å². The molecule has 0 aliphatic rings. The molecule has 2 aromatic rings. The summed E-state index contributed by atoms with van der Waals surface area (Å²) in [4.78, 5) is 16.6. The topological polar surface area (TPSA) is 50.2 Å². The fourth-order valence-corrected chi connectivity index (χ4v) is 1.82. The van der Waals surface area contributed by atoms with Crippen LogP contribution < -0.4 is 5.56 Å². The van der Waals surface area contributed by atoms with E-state index in [0.717, 1.165) is 17.8 Å². The Morgan fingerprint density at radius 3 is 2.61 bits per heavy atom. The zero-order valence-electron chi connectivity index (χ0n) is 11.7. The summed E-state index contributed by atoms with van der Waals surface area (Å²) in [5.41, 5.74) is 1.66. The molecule has 0 unspecified atom stereocenters. The molecule has 4 nitrogen and oxygen atoms in total. The molecule has 0 radical (unpaired) electrons. The van der Waals surface area contributed by atoms with Gasteiger partial charge in [0, 0.05) is 11.5 Å². The first-order valence-corrected chi connectivity index (χ1v) is 6.48. The molecule has 1 N–H and O–H groups in total. The molecular weight excluding hydrogens is 226 g/mol. The molecule has 2 rings (SSSR count). The number of rotatable bonds is 3. The third-order valence-corrected chi connectivity index (χ3v) is 3.67. The van der Waals surface area contributed by atoms with E-state index in [4.69, 9.17) is 0 Å². The predicted molar refractivity (Wildman–Crippen MR) is 73.2 cm³/mol. The Kier molecular flexibility index (Phi) is 3.05. The molecule has 0 amide bonds. The molecular formula is C14H21N3O. The van der Waals surface area contributed by atoms with Crippen LogP contribution in [0.25, 0.3) is 5.65 Å². The third kappa shape index (κ3) is 2.07. The van der Waals surface area contributed by atoms with Crippen LogP contribution in [-0.4, -0.2) is 14.6 Å². The first-order valence-electron chi connectivity index (χ1n) is 6.48. The van der Waals surface area contributed by atoms with Crippen molar-refractivity contribution in [2.24, 2.45) is 0 Å². The van der Waals surface area contributed by atoms with E-state index in [1.54, 1.807) is 6.07 Å². The highest BCUT2D eigenvalue weighted by Gasteiger charge is 2.22. The van der Waals surface area contributed by atoms with Crippen LogP contribution in [0.1, 0.15) is 58.3 Å². The van der Waals surface area contributed by atoms with E-state index in [1.807, 2.05) is 6.07 Å². The van der Waals surface area contributed by atoms with Crippen molar-refractivity contribution in [2.75, 3.05) is 0 Å². The molecule has 0 aliphatic carbocycles. The van der Waals surface area contributed by atoms with Crippen LogP contribution in [0.5, 0.6) is 0 Å². The SMILES string of the molecule is CCC(C)(C)c1nc2cc(C(C)C)cc(=O)n2[nH]1. The van der Waals surface area contributed by atoms with Gasteiger partial charge in [0.05, 0.1) is 0 Å². The minimum atomic E-state index is -0.0452. The Bertz CT molecular complexity index is 619. The van der Waals surface area contributed by atoms with Gasteiger partial charge >= 0.3 is 0 Å². The zero-order chi connectivity index (χ0) is 13.5.